The number of aromatic nitrogens is 2. The van der Waals surface area contributed by atoms with Crippen molar-refractivity contribution in [3.05, 3.63) is 45.8 Å². The minimum atomic E-state index is -0.382. The molecule has 1 saturated heterocycles. The van der Waals surface area contributed by atoms with Crippen LogP contribution in [0.5, 0.6) is 5.75 Å². The highest BCUT2D eigenvalue weighted by molar-refractivity contribution is 14.1. The topological polar surface area (TPSA) is 76.6 Å². The van der Waals surface area contributed by atoms with E-state index in [0.717, 1.165) is 20.2 Å². The van der Waals surface area contributed by atoms with E-state index >= 15 is 0 Å². The van der Waals surface area contributed by atoms with Gasteiger partial charge in [-0.15, -0.1) is 0 Å². The Hall–Kier alpha value is -2.62. The monoisotopic (exact) mass is 476 g/mol. The van der Waals surface area contributed by atoms with Gasteiger partial charge < -0.3 is 14.8 Å². The number of fused-ring (bicyclic) bond motifs is 1. The molecule has 0 unspecified atom stereocenters. The van der Waals surface area contributed by atoms with Crippen LogP contribution in [0, 0.1) is 10.5 Å². The number of hydrogen-bond donors (Lipinski definition) is 1. The second-order valence-corrected chi connectivity index (χ2v) is 7.17. The maximum absolute atomic E-state index is 12.0. The number of nitrogens with one attached hydrogen (secondary N) is 1. The normalized spacial score (nSPS) is 13.7. The highest BCUT2D eigenvalue weighted by Gasteiger charge is 2.27. The predicted octanol–water partition coefficient (Wildman–Crippen LogP) is 4.25. The van der Waals surface area contributed by atoms with Crippen molar-refractivity contribution in [1.82, 2.24) is 9.97 Å². The number of ether oxygens (including phenoxy) is 2. The average molecular weight is 476 g/mol. The molecule has 0 bridgehead atoms. The summed E-state index contributed by atoms with van der Waals surface area (Å²) in [6.07, 6.45) is 1.13. The highest BCUT2D eigenvalue weighted by Crippen LogP contribution is 2.37. The molecule has 8 heteroatoms. The van der Waals surface area contributed by atoms with Crippen LogP contribution in [0.3, 0.4) is 0 Å². The number of benzene rings is 2. The summed E-state index contributed by atoms with van der Waals surface area (Å²) in [4.78, 5) is 22.4. The van der Waals surface area contributed by atoms with Crippen LogP contribution in [-0.2, 0) is 4.74 Å². The molecule has 1 aliphatic rings. The fourth-order valence-electron chi connectivity index (χ4n) is 3.03. The molecule has 0 aliphatic carbocycles. The fourth-order valence-corrected chi connectivity index (χ4v) is 3.52. The molecule has 1 aliphatic heterocycles. The number of methoxy groups -OCH3 is 1. The van der Waals surface area contributed by atoms with E-state index in [1.54, 1.807) is 12.0 Å². The summed E-state index contributed by atoms with van der Waals surface area (Å²) in [5, 5.41) is 4.18. The summed E-state index contributed by atoms with van der Waals surface area (Å²) in [6, 6.07) is 9.74. The zero-order valence-electron chi connectivity index (χ0n) is 14.8. The minimum absolute atomic E-state index is 0.359. The Morgan fingerprint density at radius 1 is 1.30 bits per heavy atom. The Kier molecular flexibility index (Phi) is 4.73. The fraction of sp³-hybridized carbons (Fsp3) is 0.211. The Labute approximate surface area is 169 Å². The molecule has 4 rings (SSSR count). The lowest BCUT2D eigenvalue weighted by Crippen LogP contribution is -2.23. The molecule has 1 N–H and O–H groups in total. The summed E-state index contributed by atoms with van der Waals surface area (Å²) < 4.78 is 11.7. The van der Waals surface area contributed by atoms with E-state index in [9.17, 15) is 4.79 Å². The number of carbonyl (C=O) groups is 1. The molecule has 27 heavy (non-hydrogen) atoms. The van der Waals surface area contributed by atoms with Gasteiger partial charge in [0.05, 0.1) is 30.5 Å². The number of aryl methyl sites for hydroxylation is 1. The molecule has 2 heterocycles. The summed E-state index contributed by atoms with van der Waals surface area (Å²) in [6.45, 7) is 2.90. The first kappa shape index (κ1) is 17.8. The molecule has 3 aromatic rings. The molecule has 0 atom stereocenters. The van der Waals surface area contributed by atoms with Crippen LogP contribution in [0.4, 0.5) is 22.0 Å². The lowest BCUT2D eigenvalue weighted by atomic mass is 10.1. The number of halogens is 1. The first-order valence-corrected chi connectivity index (χ1v) is 9.45. The van der Waals surface area contributed by atoms with Gasteiger partial charge in [0.15, 0.2) is 0 Å². The molecular formula is C19H17IN4O3. The van der Waals surface area contributed by atoms with Gasteiger partial charge in [-0.05, 0) is 47.2 Å². The summed E-state index contributed by atoms with van der Waals surface area (Å²) >= 11 is 2.31. The molecule has 1 amide bonds. The van der Waals surface area contributed by atoms with Gasteiger partial charge in [0, 0.05) is 15.0 Å². The van der Waals surface area contributed by atoms with Crippen molar-refractivity contribution in [3.63, 3.8) is 0 Å². The number of hydrogen-bond acceptors (Lipinski definition) is 6. The largest absolute Gasteiger partial charge is 0.494 e. The van der Waals surface area contributed by atoms with Crippen molar-refractivity contribution in [3.8, 4) is 5.75 Å². The van der Waals surface area contributed by atoms with Crippen LogP contribution in [-0.4, -0.2) is 36.3 Å². The number of amides is 1. The van der Waals surface area contributed by atoms with Crippen molar-refractivity contribution in [1.29, 1.82) is 0 Å². The van der Waals surface area contributed by atoms with E-state index in [1.807, 2.05) is 24.3 Å². The van der Waals surface area contributed by atoms with Crippen LogP contribution >= 0.6 is 22.6 Å². The van der Waals surface area contributed by atoms with E-state index in [0.29, 0.717) is 30.4 Å². The van der Waals surface area contributed by atoms with Crippen molar-refractivity contribution >= 4 is 56.8 Å². The Bertz CT molecular complexity index is 1040. The van der Waals surface area contributed by atoms with Crippen LogP contribution in [0.2, 0.25) is 0 Å². The average Bonchev–Trinajstić information content (AvgIpc) is 3.10. The molecule has 2 aromatic carbocycles. The second kappa shape index (κ2) is 7.18. The summed E-state index contributed by atoms with van der Waals surface area (Å²) in [7, 11) is 1.57. The smallest absolute Gasteiger partial charge is 0.414 e. The minimum Gasteiger partial charge on any atom is -0.494 e. The zero-order chi connectivity index (χ0) is 19.0. The number of rotatable bonds is 4. The van der Waals surface area contributed by atoms with Crippen LogP contribution in [0.1, 0.15) is 5.56 Å². The molecule has 0 spiro atoms. The highest BCUT2D eigenvalue weighted by atomic mass is 127. The SMILES string of the molecule is COc1cc2ncnc(Nc3cccc(C)c3I)c2cc1N1CCOC1=O. The third kappa shape index (κ3) is 3.25. The van der Waals surface area contributed by atoms with Gasteiger partial charge in [0.2, 0.25) is 0 Å². The zero-order valence-corrected chi connectivity index (χ0v) is 17.0. The molecular weight excluding hydrogens is 459 g/mol. The van der Waals surface area contributed by atoms with Crippen molar-refractivity contribution in [2.75, 3.05) is 30.5 Å². The summed E-state index contributed by atoms with van der Waals surface area (Å²) in [5.74, 6) is 1.23. The van der Waals surface area contributed by atoms with Gasteiger partial charge in [-0.2, -0.15) is 0 Å². The van der Waals surface area contributed by atoms with E-state index in [4.69, 9.17) is 9.47 Å². The first-order chi connectivity index (χ1) is 13.1. The number of nitrogens with zero attached hydrogens (tertiary/aromatic N) is 3. The van der Waals surface area contributed by atoms with Crippen molar-refractivity contribution < 1.29 is 14.3 Å². The van der Waals surface area contributed by atoms with Crippen molar-refractivity contribution in [2.45, 2.75) is 6.92 Å². The van der Waals surface area contributed by atoms with E-state index in [-0.39, 0.29) is 6.09 Å². The lowest BCUT2D eigenvalue weighted by Gasteiger charge is -2.18. The number of cyclic esters (lactones) is 1. The molecule has 0 radical (unpaired) electrons. The van der Waals surface area contributed by atoms with Gasteiger partial charge in [-0.1, -0.05) is 12.1 Å². The molecule has 138 valence electrons. The van der Waals surface area contributed by atoms with Crippen LogP contribution in [0.15, 0.2) is 36.7 Å². The van der Waals surface area contributed by atoms with E-state index in [2.05, 4.69) is 50.9 Å². The quantitative estimate of drug-likeness (QED) is 0.568. The van der Waals surface area contributed by atoms with Crippen LogP contribution in [0.25, 0.3) is 10.9 Å². The van der Waals surface area contributed by atoms with Gasteiger partial charge in [-0.25, -0.2) is 14.8 Å². The molecule has 1 fully saturated rings. The number of carbonyl (C=O) groups excluding carboxylic acids is 1. The Balaban J connectivity index is 1.84. The summed E-state index contributed by atoms with van der Waals surface area (Å²) in [5.41, 5.74) is 3.52. The van der Waals surface area contributed by atoms with Crippen molar-refractivity contribution in [2.24, 2.45) is 0 Å². The van der Waals surface area contributed by atoms with Gasteiger partial charge in [-0.3, -0.25) is 4.90 Å². The van der Waals surface area contributed by atoms with Gasteiger partial charge in [0.1, 0.15) is 24.5 Å². The molecule has 1 aromatic heterocycles. The second-order valence-electron chi connectivity index (χ2n) is 6.09. The van der Waals surface area contributed by atoms with Crippen LogP contribution < -0.4 is 15.0 Å². The first-order valence-electron chi connectivity index (χ1n) is 8.37. The maximum Gasteiger partial charge on any atom is 0.414 e. The van der Waals surface area contributed by atoms with Gasteiger partial charge >= 0.3 is 6.09 Å². The third-order valence-electron chi connectivity index (χ3n) is 4.43. The number of anilines is 3. The Morgan fingerprint density at radius 3 is 2.89 bits per heavy atom. The van der Waals surface area contributed by atoms with E-state index in [1.165, 1.54) is 11.9 Å². The van der Waals surface area contributed by atoms with E-state index < -0.39 is 0 Å². The maximum atomic E-state index is 12.0. The lowest BCUT2D eigenvalue weighted by molar-refractivity contribution is 0.181. The third-order valence-corrected chi connectivity index (χ3v) is 5.86. The Morgan fingerprint density at radius 2 is 2.15 bits per heavy atom. The molecule has 7 nitrogen and oxygen atoms in total. The van der Waals surface area contributed by atoms with Gasteiger partial charge in [0.25, 0.3) is 0 Å². The molecule has 0 saturated carbocycles. The standard InChI is InChI=1S/C19H17IN4O3/c1-11-4-3-5-13(17(11)20)23-18-12-8-15(24-6-7-27-19(24)25)16(26-2)9-14(12)21-10-22-18/h3-5,8-10H,6-7H2,1-2H3,(H,21,22,23). The predicted molar refractivity (Wildman–Crippen MR) is 112 cm³/mol.